The van der Waals surface area contributed by atoms with Crippen molar-refractivity contribution < 1.29 is 4.21 Å². The molecule has 4 unspecified atom stereocenters. The van der Waals surface area contributed by atoms with Gasteiger partial charge in [-0.1, -0.05) is 44.0 Å². The minimum absolute atomic E-state index is 0. The van der Waals surface area contributed by atoms with Gasteiger partial charge in [0.25, 0.3) is 0 Å². The zero-order valence-electron chi connectivity index (χ0n) is 19.4. The molecule has 1 aromatic rings. The van der Waals surface area contributed by atoms with Crippen LogP contribution in [0.3, 0.4) is 0 Å². The Morgan fingerprint density at radius 2 is 1.94 bits per heavy atom. The Kier molecular flexibility index (Phi) is 11.8. The normalized spacial score (nSPS) is 26.0. The molecule has 2 fully saturated rings. The zero-order chi connectivity index (χ0) is 21.3. The van der Waals surface area contributed by atoms with E-state index in [0.29, 0.717) is 17.3 Å². The lowest BCUT2D eigenvalue weighted by Crippen LogP contribution is -2.46. The van der Waals surface area contributed by atoms with Gasteiger partial charge in [-0.3, -0.25) is 14.1 Å². The predicted molar refractivity (Wildman–Crippen MR) is 144 cm³/mol. The number of guanidine groups is 1. The Balaban J connectivity index is 0.00000341. The maximum absolute atomic E-state index is 12.2. The first-order valence-corrected chi connectivity index (χ1v) is 13.1. The highest BCUT2D eigenvalue weighted by Gasteiger charge is 2.26. The summed E-state index contributed by atoms with van der Waals surface area (Å²) in [5.41, 5.74) is 2.75. The van der Waals surface area contributed by atoms with Gasteiger partial charge in [0.1, 0.15) is 0 Å². The van der Waals surface area contributed by atoms with E-state index >= 15 is 0 Å². The van der Waals surface area contributed by atoms with Gasteiger partial charge in [0.05, 0.1) is 0 Å². The van der Waals surface area contributed by atoms with Gasteiger partial charge in [-0.2, -0.15) is 0 Å². The molecule has 0 bridgehead atoms. The first kappa shape index (κ1) is 26.6. The van der Waals surface area contributed by atoms with Gasteiger partial charge in [-0.15, -0.1) is 24.0 Å². The van der Waals surface area contributed by atoms with Crippen molar-refractivity contribution in [3.05, 3.63) is 35.4 Å². The number of piperidine rings is 1. The van der Waals surface area contributed by atoms with Crippen molar-refractivity contribution in [3.63, 3.8) is 0 Å². The lowest BCUT2D eigenvalue weighted by molar-refractivity contribution is 0.152. The molecule has 1 saturated heterocycles. The fraction of sp³-hybridized carbons (Fsp3) is 0.708. The molecule has 2 aliphatic rings. The zero-order valence-corrected chi connectivity index (χ0v) is 22.6. The molecule has 1 aliphatic heterocycles. The molecule has 1 aromatic carbocycles. The number of benzene rings is 1. The molecule has 0 aromatic heterocycles. The van der Waals surface area contributed by atoms with E-state index in [9.17, 15) is 4.21 Å². The van der Waals surface area contributed by atoms with Crippen LogP contribution < -0.4 is 10.6 Å². The smallest absolute Gasteiger partial charge is 0.191 e. The van der Waals surface area contributed by atoms with Gasteiger partial charge >= 0.3 is 0 Å². The standard InChI is InChI=1S/C24H40N4OS.HI/c1-4-30(29)23-14-9-13-22(16-23)27-24(25-3)26-17-20-11-5-6-12-21(20)18-28-15-8-7-10-19(28)2;/h5-6,11-12,19,22-23H,4,7-10,13-18H2,1-3H3,(H2,25,26,27);1H. The van der Waals surface area contributed by atoms with Crippen LogP contribution in [0.15, 0.2) is 29.3 Å². The van der Waals surface area contributed by atoms with Gasteiger partial charge in [-0.25, -0.2) is 0 Å². The van der Waals surface area contributed by atoms with Gasteiger partial charge in [0.15, 0.2) is 5.96 Å². The number of halogens is 1. The van der Waals surface area contributed by atoms with Crippen LogP contribution in [-0.2, 0) is 23.9 Å². The third kappa shape index (κ3) is 8.00. The van der Waals surface area contributed by atoms with Crippen molar-refractivity contribution in [2.24, 2.45) is 4.99 Å². The summed E-state index contributed by atoms with van der Waals surface area (Å²) in [6, 6.07) is 9.79. The Morgan fingerprint density at radius 1 is 1.16 bits per heavy atom. The molecule has 176 valence electrons. The monoisotopic (exact) mass is 560 g/mol. The van der Waals surface area contributed by atoms with Gasteiger partial charge in [-0.05, 0) is 56.7 Å². The Hall–Kier alpha value is -0.670. The summed E-state index contributed by atoms with van der Waals surface area (Å²) in [7, 11) is 1.14. The Bertz CT molecular complexity index is 729. The van der Waals surface area contributed by atoms with Crippen LogP contribution >= 0.6 is 24.0 Å². The maximum Gasteiger partial charge on any atom is 0.191 e. The van der Waals surface area contributed by atoms with Crippen molar-refractivity contribution in [2.75, 3.05) is 19.3 Å². The summed E-state index contributed by atoms with van der Waals surface area (Å²) in [5.74, 6) is 1.61. The van der Waals surface area contributed by atoms with Crippen LogP contribution in [0.25, 0.3) is 0 Å². The second kappa shape index (κ2) is 13.8. The summed E-state index contributed by atoms with van der Waals surface area (Å²) in [6.07, 6.45) is 8.31. The van der Waals surface area contributed by atoms with E-state index in [1.807, 2.05) is 14.0 Å². The summed E-state index contributed by atoms with van der Waals surface area (Å²) >= 11 is 0. The number of aliphatic imine (C=N–C) groups is 1. The SMILES string of the molecule is CCS(=O)C1CCCC(NC(=NC)NCc2ccccc2CN2CCCCC2C)C1.I. The number of likely N-dealkylation sites (tertiary alicyclic amines) is 1. The summed E-state index contributed by atoms with van der Waals surface area (Å²) in [4.78, 5) is 7.07. The molecule has 1 saturated carbocycles. The maximum atomic E-state index is 12.2. The van der Waals surface area contributed by atoms with Crippen LogP contribution in [-0.4, -0.2) is 51.7 Å². The number of nitrogens with one attached hydrogen (secondary N) is 2. The minimum Gasteiger partial charge on any atom is -0.354 e. The lowest BCUT2D eigenvalue weighted by atomic mass is 9.95. The van der Waals surface area contributed by atoms with Crippen LogP contribution in [0.2, 0.25) is 0 Å². The Labute approximate surface area is 208 Å². The van der Waals surface area contributed by atoms with Crippen molar-refractivity contribution in [3.8, 4) is 0 Å². The molecule has 0 radical (unpaired) electrons. The first-order valence-electron chi connectivity index (χ1n) is 11.8. The molecule has 7 heteroatoms. The molecule has 5 nitrogen and oxygen atoms in total. The van der Waals surface area contributed by atoms with E-state index in [1.165, 1.54) is 36.9 Å². The molecule has 31 heavy (non-hydrogen) atoms. The largest absolute Gasteiger partial charge is 0.354 e. The fourth-order valence-electron chi connectivity index (χ4n) is 4.81. The van der Waals surface area contributed by atoms with E-state index in [4.69, 9.17) is 0 Å². The van der Waals surface area contributed by atoms with Crippen LogP contribution in [0.1, 0.15) is 69.9 Å². The molecule has 1 heterocycles. The number of hydrogen-bond donors (Lipinski definition) is 2. The highest BCUT2D eigenvalue weighted by Crippen LogP contribution is 2.23. The predicted octanol–water partition coefficient (Wildman–Crippen LogP) is 4.42. The van der Waals surface area contributed by atoms with Crippen LogP contribution in [0, 0.1) is 0 Å². The van der Waals surface area contributed by atoms with E-state index < -0.39 is 10.8 Å². The molecule has 0 amide bonds. The van der Waals surface area contributed by atoms with Gasteiger partial charge < -0.3 is 10.6 Å². The van der Waals surface area contributed by atoms with E-state index in [2.05, 4.69) is 51.7 Å². The third-order valence-corrected chi connectivity index (χ3v) is 8.47. The van der Waals surface area contributed by atoms with Crippen LogP contribution in [0.5, 0.6) is 0 Å². The van der Waals surface area contributed by atoms with Crippen molar-refractivity contribution in [1.29, 1.82) is 0 Å². The molecule has 4 atom stereocenters. The highest BCUT2D eigenvalue weighted by molar-refractivity contribution is 14.0. The summed E-state index contributed by atoms with van der Waals surface area (Å²) in [6.45, 7) is 7.38. The van der Waals surface area contributed by atoms with Gasteiger partial charge in [0, 0.05) is 54.0 Å². The minimum atomic E-state index is -0.699. The molecule has 3 rings (SSSR count). The van der Waals surface area contributed by atoms with Crippen molar-refractivity contribution in [1.82, 2.24) is 15.5 Å². The molecule has 1 aliphatic carbocycles. The number of nitrogens with zero attached hydrogens (tertiary/aromatic N) is 2. The molecular weight excluding hydrogens is 519 g/mol. The second-order valence-corrected chi connectivity index (χ2v) is 10.8. The Morgan fingerprint density at radius 3 is 2.65 bits per heavy atom. The number of rotatable bonds is 7. The summed E-state index contributed by atoms with van der Waals surface area (Å²) < 4.78 is 12.2. The quantitative estimate of drug-likeness (QED) is 0.295. The molecular formula is C24H41IN4OS. The van der Waals surface area contributed by atoms with E-state index in [-0.39, 0.29) is 24.0 Å². The molecule has 0 spiro atoms. The fourth-order valence-corrected chi connectivity index (χ4v) is 6.16. The lowest BCUT2D eigenvalue weighted by Gasteiger charge is -2.34. The third-order valence-electron chi connectivity index (χ3n) is 6.73. The second-order valence-electron chi connectivity index (χ2n) is 8.81. The summed E-state index contributed by atoms with van der Waals surface area (Å²) in [5, 5.41) is 7.44. The topological polar surface area (TPSA) is 56.7 Å². The van der Waals surface area contributed by atoms with E-state index in [0.717, 1.165) is 50.5 Å². The average molecular weight is 561 g/mol. The van der Waals surface area contributed by atoms with Crippen molar-refractivity contribution in [2.45, 2.75) is 89.2 Å². The van der Waals surface area contributed by atoms with Crippen molar-refractivity contribution >= 4 is 40.7 Å². The average Bonchev–Trinajstić information content (AvgIpc) is 2.78. The highest BCUT2D eigenvalue weighted by atomic mass is 127. The van der Waals surface area contributed by atoms with E-state index in [1.54, 1.807) is 0 Å². The van der Waals surface area contributed by atoms with Gasteiger partial charge in [0.2, 0.25) is 0 Å². The number of hydrogen-bond acceptors (Lipinski definition) is 3. The first-order chi connectivity index (χ1) is 14.6. The molecule has 2 N–H and O–H groups in total. The van der Waals surface area contributed by atoms with Crippen LogP contribution in [0.4, 0.5) is 0 Å².